The average molecular weight is 310 g/mol. The lowest BCUT2D eigenvalue weighted by molar-refractivity contribution is -0.127. The second-order valence-electron chi connectivity index (χ2n) is 4.42. The molecule has 98 valence electrons. The second kappa shape index (κ2) is 5.12. The summed E-state index contributed by atoms with van der Waals surface area (Å²) < 4.78 is 0.791. The molecule has 1 aliphatic heterocycles. The highest BCUT2D eigenvalue weighted by molar-refractivity contribution is 7.16. The van der Waals surface area contributed by atoms with Gasteiger partial charge in [-0.3, -0.25) is 4.79 Å². The fraction of sp³-hybridized carbons (Fsp3) is 0.214. The SMILES string of the molecule is C=CC(=O)N1Cc2sc(Cl)cc2[C@@H](c2cccs2)C1. The summed E-state index contributed by atoms with van der Waals surface area (Å²) in [6, 6.07) is 6.20. The van der Waals surface area contributed by atoms with Gasteiger partial charge in [0, 0.05) is 22.2 Å². The van der Waals surface area contributed by atoms with Crippen LogP contribution in [0.1, 0.15) is 21.2 Å². The zero-order valence-electron chi connectivity index (χ0n) is 10.1. The van der Waals surface area contributed by atoms with Crippen molar-refractivity contribution in [3.05, 3.63) is 55.9 Å². The van der Waals surface area contributed by atoms with Gasteiger partial charge >= 0.3 is 0 Å². The van der Waals surface area contributed by atoms with Crippen LogP contribution in [0.25, 0.3) is 0 Å². The molecule has 2 aromatic rings. The van der Waals surface area contributed by atoms with Crippen molar-refractivity contribution in [2.75, 3.05) is 6.54 Å². The van der Waals surface area contributed by atoms with E-state index in [1.807, 2.05) is 17.0 Å². The molecule has 1 atom stereocenters. The summed E-state index contributed by atoms with van der Waals surface area (Å²) in [6.45, 7) is 4.91. The Morgan fingerprint density at radius 3 is 3.11 bits per heavy atom. The molecule has 19 heavy (non-hydrogen) atoms. The largest absolute Gasteiger partial charge is 0.333 e. The Balaban J connectivity index is 2.02. The number of amides is 1. The third kappa shape index (κ3) is 2.36. The number of rotatable bonds is 2. The van der Waals surface area contributed by atoms with E-state index in [1.165, 1.54) is 21.4 Å². The highest BCUT2D eigenvalue weighted by Crippen LogP contribution is 2.41. The summed E-state index contributed by atoms with van der Waals surface area (Å²) >= 11 is 9.42. The molecule has 0 fully saturated rings. The molecule has 0 saturated carbocycles. The minimum absolute atomic E-state index is 0.0169. The normalized spacial score (nSPS) is 18.2. The third-order valence-electron chi connectivity index (χ3n) is 3.30. The molecule has 5 heteroatoms. The van der Waals surface area contributed by atoms with Crippen molar-refractivity contribution in [3.8, 4) is 0 Å². The summed E-state index contributed by atoms with van der Waals surface area (Å²) in [5.41, 5.74) is 1.27. The first kappa shape index (κ1) is 12.9. The van der Waals surface area contributed by atoms with Crippen molar-refractivity contribution < 1.29 is 4.79 Å². The van der Waals surface area contributed by atoms with Gasteiger partial charge < -0.3 is 4.90 Å². The zero-order chi connectivity index (χ0) is 13.4. The van der Waals surface area contributed by atoms with Crippen LogP contribution >= 0.6 is 34.3 Å². The van der Waals surface area contributed by atoms with E-state index in [-0.39, 0.29) is 11.8 Å². The van der Waals surface area contributed by atoms with Gasteiger partial charge in [-0.05, 0) is 29.2 Å². The molecule has 2 aromatic heterocycles. The number of fused-ring (bicyclic) bond motifs is 1. The van der Waals surface area contributed by atoms with Crippen LogP contribution in [0.15, 0.2) is 36.2 Å². The van der Waals surface area contributed by atoms with Gasteiger partial charge in [-0.2, -0.15) is 0 Å². The van der Waals surface area contributed by atoms with Crippen LogP contribution < -0.4 is 0 Å². The highest BCUT2D eigenvalue weighted by Gasteiger charge is 2.30. The molecule has 0 spiro atoms. The van der Waals surface area contributed by atoms with E-state index < -0.39 is 0 Å². The number of carbonyl (C=O) groups is 1. The van der Waals surface area contributed by atoms with Gasteiger partial charge in [0.25, 0.3) is 0 Å². The number of carbonyl (C=O) groups excluding carboxylic acids is 1. The van der Waals surface area contributed by atoms with E-state index in [0.717, 1.165) is 4.34 Å². The molecule has 3 heterocycles. The monoisotopic (exact) mass is 309 g/mol. The maximum Gasteiger partial charge on any atom is 0.246 e. The summed E-state index contributed by atoms with van der Waals surface area (Å²) in [4.78, 5) is 16.2. The Labute approximate surface area is 124 Å². The van der Waals surface area contributed by atoms with Crippen LogP contribution in [0, 0.1) is 0 Å². The topological polar surface area (TPSA) is 20.3 Å². The van der Waals surface area contributed by atoms with Crippen molar-refractivity contribution in [2.24, 2.45) is 0 Å². The van der Waals surface area contributed by atoms with Gasteiger partial charge in [0.15, 0.2) is 0 Å². The highest BCUT2D eigenvalue weighted by atomic mass is 35.5. The average Bonchev–Trinajstić information content (AvgIpc) is 3.04. The lowest BCUT2D eigenvalue weighted by atomic mass is 9.94. The number of hydrogen-bond donors (Lipinski definition) is 0. The summed E-state index contributed by atoms with van der Waals surface area (Å²) in [6.07, 6.45) is 1.38. The van der Waals surface area contributed by atoms with Crippen molar-refractivity contribution in [2.45, 2.75) is 12.5 Å². The Kier molecular flexibility index (Phi) is 3.48. The first-order valence-electron chi connectivity index (χ1n) is 5.92. The predicted molar refractivity (Wildman–Crippen MR) is 81.1 cm³/mol. The first-order valence-corrected chi connectivity index (χ1v) is 7.99. The molecule has 3 rings (SSSR count). The van der Waals surface area contributed by atoms with Gasteiger partial charge in [0.2, 0.25) is 5.91 Å². The van der Waals surface area contributed by atoms with Crippen LogP contribution in [-0.4, -0.2) is 17.4 Å². The fourth-order valence-corrected chi connectivity index (χ4v) is 4.61. The van der Waals surface area contributed by atoms with Gasteiger partial charge in [-0.25, -0.2) is 0 Å². The maximum absolute atomic E-state index is 11.9. The Hall–Kier alpha value is -1.10. The van der Waals surface area contributed by atoms with E-state index >= 15 is 0 Å². The Morgan fingerprint density at radius 1 is 1.58 bits per heavy atom. The minimum Gasteiger partial charge on any atom is -0.333 e. The van der Waals surface area contributed by atoms with E-state index in [2.05, 4.69) is 18.0 Å². The van der Waals surface area contributed by atoms with Crippen LogP contribution in [0.3, 0.4) is 0 Å². The summed E-state index contributed by atoms with van der Waals surface area (Å²) in [7, 11) is 0. The lowest BCUT2D eigenvalue weighted by Crippen LogP contribution is -2.36. The number of halogens is 1. The minimum atomic E-state index is -0.0169. The van der Waals surface area contributed by atoms with Crippen molar-refractivity contribution in [1.29, 1.82) is 0 Å². The smallest absolute Gasteiger partial charge is 0.246 e. The van der Waals surface area contributed by atoms with Gasteiger partial charge in [-0.1, -0.05) is 24.2 Å². The molecule has 0 bridgehead atoms. The van der Waals surface area contributed by atoms with Gasteiger partial charge in [0.1, 0.15) is 0 Å². The molecule has 0 unspecified atom stereocenters. The molecular formula is C14H12ClNOS2. The standard InChI is InChI=1S/C14H12ClNOS2/c1-2-14(17)16-7-10(11-4-3-5-18-11)9-6-13(15)19-12(9)8-16/h2-6,10H,1,7-8H2/t10-/m0/s1. The molecular weight excluding hydrogens is 298 g/mol. The second-order valence-corrected chi connectivity index (χ2v) is 7.17. The van der Waals surface area contributed by atoms with Crippen LogP contribution in [0.2, 0.25) is 4.34 Å². The van der Waals surface area contributed by atoms with Crippen LogP contribution in [0.4, 0.5) is 0 Å². The van der Waals surface area contributed by atoms with E-state index in [4.69, 9.17) is 11.6 Å². The molecule has 0 radical (unpaired) electrons. The van der Waals surface area contributed by atoms with E-state index in [9.17, 15) is 4.79 Å². The van der Waals surface area contributed by atoms with Crippen LogP contribution in [0.5, 0.6) is 0 Å². The quantitative estimate of drug-likeness (QED) is 0.764. The van der Waals surface area contributed by atoms with Gasteiger partial charge in [0.05, 0.1) is 10.9 Å². The third-order valence-corrected chi connectivity index (χ3v) is 5.55. The zero-order valence-corrected chi connectivity index (χ0v) is 12.5. The predicted octanol–water partition coefficient (Wildman–Crippen LogP) is 4.12. The van der Waals surface area contributed by atoms with Crippen molar-refractivity contribution in [3.63, 3.8) is 0 Å². The van der Waals surface area contributed by atoms with E-state index in [0.29, 0.717) is 13.1 Å². The summed E-state index contributed by atoms with van der Waals surface area (Å²) in [5.74, 6) is 0.216. The molecule has 0 N–H and O–H groups in total. The number of hydrogen-bond acceptors (Lipinski definition) is 3. The summed E-state index contributed by atoms with van der Waals surface area (Å²) in [5, 5.41) is 2.07. The molecule has 1 aliphatic rings. The number of nitrogens with zero attached hydrogens (tertiary/aromatic N) is 1. The molecule has 0 aliphatic carbocycles. The molecule has 0 aromatic carbocycles. The van der Waals surface area contributed by atoms with Crippen LogP contribution in [-0.2, 0) is 11.3 Å². The van der Waals surface area contributed by atoms with Gasteiger partial charge in [-0.15, -0.1) is 22.7 Å². The number of thiophene rings is 2. The molecule has 1 amide bonds. The van der Waals surface area contributed by atoms with Crippen molar-refractivity contribution in [1.82, 2.24) is 4.90 Å². The fourth-order valence-electron chi connectivity index (χ4n) is 2.41. The van der Waals surface area contributed by atoms with E-state index in [1.54, 1.807) is 22.7 Å². The molecule has 0 saturated heterocycles. The molecule has 2 nitrogen and oxygen atoms in total. The Morgan fingerprint density at radius 2 is 2.42 bits per heavy atom. The maximum atomic E-state index is 11.9. The lowest BCUT2D eigenvalue weighted by Gasteiger charge is -2.31. The van der Waals surface area contributed by atoms with Crippen molar-refractivity contribution >= 4 is 40.2 Å². The Bertz CT molecular complexity index is 617. The first-order chi connectivity index (χ1) is 9.19.